The molecule has 7 heteroatoms. The fraction of sp³-hybridized carbons (Fsp3) is 0.278. The summed E-state index contributed by atoms with van der Waals surface area (Å²) in [6.07, 6.45) is 0.430. The van der Waals surface area contributed by atoms with E-state index < -0.39 is 9.84 Å². The maximum absolute atomic E-state index is 13.0. The molecule has 1 heterocycles. The van der Waals surface area contributed by atoms with Crippen molar-refractivity contribution < 1.29 is 17.6 Å². The Hall–Kier alpha value is -2.41. The van der Waals surface area contributed by atoms with Crippen LogP contribution in [-0.2, 0) is 14.6 Å². The smallest absolute Gasteiger partial charge is 0.246 e. The van der Waals surface area contributed by atoms with Gasteiger partial charge < -0.3 is 10.2 Å². The van der Waals surface area contributed by atoms with Crippen molar-refractivity contribution in [2.75, 3.05) is 28.3 Å². The summed E-state index contributed by atoms with van der Waals surface area (Å²) in [6, 6.07) is 14.4. The van der Waals surface area contributed by atoms with Gasteiger partial charge in [-0.05, 0) is 42.8 Å². The minimum absolute atomic E-state index is 0.00290. The molecular formula is C18H19FN2O3S. The second-order valence-electron chi connectivity index (χ2n) is 6.02. The number of nitrogens with zero attached hydrogens (tertiary/aromatic N) is 1. The number of benzene rings is 2. The van der Waals surface area contributed by atoms with Crippen molar-refractivity contribution in [3.05, 3.63) is 60.4 Å². The van der Waals surface area contributed by atoms with E-state index in [0.29, 0.717) is 17.8 Å². The van der Waals surface area contributed by atoms with Crippen LogP contribution < -0.4 is 10.2 Å². The monoisotopic (exact) mass is 362 g/mol. The Kier molecular flexibility index (Phi) is 5.03. The molecule has 132 valence electrons. The Bertz CT molecular complexity index is 838. The number of nitrogens with one attached hydrogen (secondary N) is 1. The predicted octanol–water partition coefficient (Wildman–Crippen LogP) is 2.46. The molecule has 3 rings (SSSR count). The summed E-state index contributed by atoms with van der Waals surface area (Å²) in [5.41, 5.74) is 1.30. The third kappa shape index (κ3) is 4.36. The van der Waals surface area contributed by atoms with E-state index >= 15 is 0 Å². The fourth-order valence-corrected chi connectivity index (χ4v) is 4.66. The molecule has 1 amide bonds. The zero-order valence-corrected chi connectivity index (χ0v) is 14.4. The molecule has 2 aromatic carbocycles. The van der Waals surface area contributed by atoms with Gasteiger partial charge in [0.15, 0.2) is 9.84 Å². The number of halogens is 1. The van der Waals surface area contributed by atoms with Gasteiger partial charge in [0, 0.05) is 11.4 Å². The van der Waals surface area contributed by atoms with Gasteiger partial charge in [-0.2, -0.15) is 0 Å². The van der Waals surface area contributed by atoms with Crippen LogP contribution in [0.25, 0.3) is 0 Å². The van der Waals surface area contributed by atoms with Gasteiger partial charge in [-0.15, -0.1) is 0 Å². The van der Waals surface area contributed by atoms with Crippen LogP contribution in [-0.4, -0.2) is 38.4 Å². The van der Waals surface area contributed by atoms with Crippen molar-refractivity contribution in [3.63, 3.8) is 0 Å². The third-order valence-electron chi connectivity index (χ3n) is 4.16. The summed E-state index contributed by atoms with van der Waals surface area (Å²) in [5.74, 6) is -0.499. The normalized spacial score (nSPS) is 18.7. The number of anilines is 2. The fourth-order valence-electron chi connectivity index (χ4n) is 2.96. The number of amides is 1. The standard InChI is InChI=1S/C18H19FN2O3S/c19-14-6-8-15(9-7-14)20-12-18(22)21(16-4-2-1-3-5-16)17-10-11-25(23,24)13-17/h1-9,17,20H,10-13H2/t17-/m0/s1. The Labute approximate surface area is 146 Å². The topological polar surface area (TPSA) is 66.5 Å². The van der Waals surface area contributed by atoms with Crippen LogP contribution in [0.3, 0.4) is 0 Å². The average molecular weight is 362 g/mol. The molecule has 1 aliphatic heterocycles. The van der Waals surface area contributed by atoms with E-state index in [4.69, 9.17) is 0 Å². The highest BCUT2D eigenvalue weighted by molar-refractivity contribution is 7.91. The van der Waals surface area contributed by atoms with Gasteiger partial charge in [0.25, 0.3) is 0 Å². The van der Waals surface area contributed by atoms with Gasteiger partial charge >= 0.3 is 0 Å². The molecule has 1 N–H and O–H groups in total. The summed E-state index contributed by atoms with van der Waals surface area (Å²) < 4.78 is 36.6. The highest BCUT2D eigenvalue weighted by atomic mass is 32.2. The molecule has 0 spiro atoms. The number of rotatable bonds is 5. The molecule has 5 nitrogen and oxygen atoms in total. The number of carbonyl (C=O) groups is 1. The van der Waals surface area contributed by atoms with E-state index in [1.54, 1.807) is 29.2 Å². The molecule has 0 bridgehead atoms. The van der Waals surface area contributed by atoms with Gasteiger partial charge in [-0.25, -0.2) is 12.8 Å². The maximum atomic E-state index is 13.0. The van der Waals surface area contributed by atoms with Crippen molar-refractivity contribution in [3.8, 4) is 0 Å². The van der Waals surface area contributed by atoms with Crippen LogP contribution in [0.15, 0.2) is 54.6 Å². The van der Waals surface area contributed by atoms with Crippen molar-refractivity contribution in [2.24, 2.45) is 0 Å². The quantitative estimate of drug-likeness (QED) is 0.887. The van der Waals surface area contributed by atoms with Gasteiger partial charge in [-0.1, -0.05) is 18.2 Å². The van der Waals surface area contributed by atoms with Crippen LogP contribution in [0.1, 0.15) is 6.42 Å². The number of para-hydroxylation sites is 1. The summed E-state index contributed by atoms with van der Waals surface area (Å²) in [4.78, 5) is 14.3. The Balaban J connectivity index is 1.76. The van der Waals surface area contributed by atoms with Crippen molar-refractivity contribution >= 4 is 27.1 Å². The molecule has 2 aromatic rings. The first-order chi connectivity index (χ1) is 11.9. The van der Waals surface area contributed by atoms with E-state index in [2.05, 4.69) is 5.32 Å². The van der Waals surface area contributed by atoms with Crippen LogP contribution in [0.2, 0.25) is 0 Å². The number of sulfone groups is 1. The van der Waals surface area contributed by atoms with E-state index in [0.717, 1.165) is 0 Å². The molecule has 0 aromatic heterocycles. The summed E-state index contributed by atoms with van der Waals surface area (Å²) in [6.45, 7) is -0.00290. The van der Waals surface area contributed by atoms with Crippen molar-refractivity contribution in [2.45, 2.75) is 12.5 Å². The van der Waals surface area contributed by atoms with Crippen LogP contribution in [0, 0.1) is 5.82 Å². The first-order valence-corrected chi connectivity index (χ1v) is 9.84. The molecule has 25 heavy (non-hydrogen) atoms. The first kappa shape index (κ1) is 17.4. The lowest BCUT2D eigenvalue weighted by Gasteiger charge is -2.28. The van der Waals surface area contributed by atoms with E-state index in [1.165, 1.54) is 12.1 Å². The van der Waals surface area contributed by atoms with Crippen LogP contribution in [0.5, 0.6) is 0 Å². The van der Waals surface area contributed by atoms with Crippen molar-refractivity contribution in [1.29, 1.82) is 0 Å². The molecule has 0 aliphatic carbocycles. The largest absolute Gasteiger partial charge is 0.376 e. The molecular weight excluding hydrogens is 343 g/mol. The second kappa shape index (κ2) is 7.23. The minimum atomic E-state index is -3.11. The van der Waals surface area contributed by atoms with E-state index in [9.17, 15) is 17.6 Å². The molecule has 1 atom stereocenters. The van der Waals surface area contributed by atoms with Crippen LogP contribution >= 0.6 is 0 Å². The third-order valence-corrected chi connectivity index (χ3v) is 5.91. The molecule has 0 saturated carbocycles. The lowest BCUT2D eigenvalue weighted by atomic mass is 10.1. The Morgan fingerprint density at radius 2 is 1.80 bits per heavy atom. The molecule has 0 radical (unpaired) electrons. The van der Waals surface area contributed by atoms with E-state index in [-0.39, 0.29) is 35.8 Å². The highest BCUT2D eigenvalue weighted by Gasteiger charge is 2.35. The number of hydrogen-bond acceptors (Lipinski definition) is 4. The molecule has 1 fully saturated rings. The second-order valence-corrected chi connectivity index (χ2v) is 8.25. The summed E-state index contributed by atoms with van der Waals surface area (Å²) in [5, 5.41) is 2.96. The number of hydrogen-bond donors (Lipinski definition) is 1. The first-order valence-electron chi connectivity index (χ1n) is 8.01. The predicted molar refractivity (Wildman–Crippen MR) is 95.9 cm³/mol. The van der Waals surface area contributed by atoms with Gasteiger partial charge in [-0.3, -0.25) is 4.79 Å². The lowest BCUT2D eigenvalue weighted by molar-refractivity contribution is -0.117. The van der Waals surface area contributed by atoms with Crippen LogP contribution in [0.4, 0.5) is 15.8 Å². The molecule has 0 unspecified atom stereocenters. The van der Waals surface area contributed by atoms with Gasteiger partial charge in [0.1, 0.15) is 5.82 Å². The van der Waals surface area contributed by atoms with E-state index in [1.807, 2.05) is 18.2 Å². The average Bonchev–Trinajstić information content (AvgIpc) is 2.95. The molecule has 1 saturated heterocycles. The lowest BCUT2D eigenvalue weighted by Crippen LogP contribution is -2.44. The summed E-state index contributed by atoms with van der Waals surface area (Å²) >= 11 is 0. The SMILES string of the molecule is O=C(CNc1ccc(F)cc1)N(c1ccccc1)[C@H]1CCS(=O)(=O)C1. The van der Waals surface area contributed by atoms with Gasteiger partial charge in [0.2, 0.25) is 5.91 Å². The minimum Gasteiger partial charge on any atom is -0.376 e. The highest BCUT2D eigenvalue weighted by Crippen LogP contribution is 2.24. The van der Waals surface area contributed by atoms with Crippen molar-refractivity contribution in [1.82, 2.24) is 0 Å². The Morgan fingerprint density at radius 1 is 1.12 bits per heavy atom. The Morgan fingerprint density at radius 3 is 2.40 bits per heavy atom. The zero-order valence-electron chi connectivity index (χ0n) is 13.6. The van der Waals surface area contributed by atoms with Gasteiger partial charge in [0.05, 0.1) is 24.1 Å². The number of carbonyl (C=O) groups excluding carboxylic acids is 1. The summed E-state index contributed by atoms with van der Waals surface area (Å²) in [7, 11) is -3.11. The maximum Gasteiger partial charge on any atom is 0.246 e. The zero-order chi connectivity index (χ0) is 17.9. The molecule has 1 aliphatic rings.